The van der Waals surface area contributed by atoms with Crippen molar-refractivity contribution in [1.82, 2.24) is 9.55 Å². The largest absolute Gasteiger partial charge is 0.320 e. The lowest BCUT2D eigenvalue weighted by molar-refractivity contribution is 0.0971. The molecule has 0 saturated carbocycles. The average molecular weight is 343 g/mol. The van der Waals surface area contributed by atoms with E-state index in [9.17, 15) is 4.79 Å². The molecule has 0 spiro atoms. The number of imidazole rings is 1. The van der Waals surface area contributed by atoms with E-state index in [1.54, 1.807) is 0 Å². The molecule has 0 atom stereocenters. The lowest BCUT2D eigenvalue weighted by Gasteiger charge is -2.08. The minimum atomic E-state index is 0.0836. The van der Waals surface area contributed by atoms with Crippen LogP contribution in [0.2, 0.25) is 0 Å². The van der Waals surface area contributed by atoms with Gasteiger partial charge in [0, 0.05) is 16.5 Å². The summed E-state index contributed by atoms with van der Waals surface area (Å²) in [6, 6.07) is 15.5. The van der Waals surface area contributed by atoms with E-state index in [0.29, 0.717) is 12.1 Å². The van der Waals surface area contributed by atoms with E-state index in [2.05, 4.69) is 27.8 Å². The van der Waals surface area contributed by atoms with Gasteiger partial charge in [0.25, 0.3) is 0 Å². The number of carbonyl (C=O) groups excluding carboxylic acids is 1. The second-order valence-corrected chi connectivity index (χ2v) is 5.71. The van der Waals surface area contributed by atoms with E-state index in [0.717, 1.165) is 27.8 Å². The van der Waals surface area contributed by atoms with Crippen LogP contribution in [0.5, 0.6) is 0 Å². The molecule has 0 N–H and O–H groups in total. The number of aryl methyl sites for hydroxylation is 1. The molecule has 0 unspecified atom stereocenters. The van der Waals surface area contributed by atoms with Gasteiger partial charge in [-0.25, -0.2) is 4.98 Å². The number of halogens is 1. The first-order chi connectivity index (χ1) is 10.2. The maximum atomic E-state index is 12.6. The lowest BCUT2D eigenvalue weighted by Crippen LogP contribution is -2.13. The number of rotatable bonds is 4. The van der Waals surface area contributed by atoms with Gasteiger partial charge in [0.2, 0.25) is 0 Å². The lowest BCUT2D eigenvalue weighted by atomic mass is 10.1. The number of ketones is 1. The summed E-state index contributed by atoms with van der Waals surface area (Å²) in [4.78, 5) is 17.2. The van der Waals surface area contributed by atoms with Crippen LogP contribution >= 0.6 is 15.9 Å². The summed E-state index contributed by atoms with van der Waals surface area (Å²) in [5, 5.41) is 0. The van der Waals surface area contributed by atoms with Crippen LogP contribution in [0.15, 0.2) is 53.0 Å². The van der Waals surface area contributed by atoms with Crippen LogP contribution in [0.3, 0.4) is 0 Å². The molecule has 3 rings (SSSR count). The molecular weight excluding hydrogens is 328 g/mol. The molecule has 0 radical (unpaired) electrons. The summed E-state index contributed by atoms with van der Waals surface area (Å²) < 4.78 is 2.84. The van der Waals surface area contributed by atoms with Crippen molar-refractivity contribution in [3.63, 3.8) is 0 Å². The average Bonchev–Trinajstić information content (AvgIpc) is 2.86. The molecule has 0 aliphatic heterocycles. The second kappa shape index (κ2) is 5.82. The van der Waals surface area contributed by atoms with Gasteiger partial charge in [0.15, 0.2) is 5.78 Å². The van der Waals surface area contributed by atoms with Crippen molar-refractivity contribution >= 4 is 32.7 Å². The fourth-order valence-corrected chi connectivity index (χ4v) is 2.99. The highest BCUT2D eigenvalue weighted by atomic mass is 79.9. The fourth-order valence-electron chi connectivity index (χ4n) is 2.49. The number of Topliss-reactive ketones (excluding diaryl/α,β-unsaturated/α-hetero) is 1. The number of benzene rings is 2. The Balaban J connectivity index is 2.02. The molecule has 0 bridgehead atoms. The topological polar surface area (TPSA) is 34.9 Å². The number of hydrogen-bond acceptors (Lipinski definition) is 2. The maximum Gasteiger partial charge on any atom is 0.183 e. The standard InChI is InChI=1S/C17H15BrN2O/c1-2-17-19-14-9-5-6-10-15(14)20(17)11-16(21)12-7-3-4-8-13(12)18/h3-10H,2,11H2,1H3. The van der Waals surface area contributed by atoms with E-state index >= 15 is 0 Å². The Hall–Kier alpha value is -1.94. The van der Waals surface area contributed by atoms with Crippen molar-refractivity contribution in [2.24, 2.45) is 0 Å². The third-order valence-electron chi connectivity index (χ3n) is 3.53. The number of fused-ring (bicyclic) bond motifs is 1. The van der Waals surface area contributed by atoms with Gasteiger partial charge in [-0.05, 0) is 18.2 Å². The van der Waals surface area contributed by atoms with Crippen LogP contribution in [0.1, 0.15) is 23.1 Å². The Bertz CT molecular complexity index is 807. The van der Waals surface area contributed by atoms with E-state index < -0.39 is 0 Å². The summed E-state index contributed by atoms with van der Waals surface area (Å²) in [5.74, 6) is 1.02. The van der Waals surface area contributed by atoms with Gasteiger partial charge >= 0.3 is 0 Å². The third kappa shape index (κ3) is 2.63. The summed E-state index contributed by atoms with van der Waals surface area (Å²) in [6.45, 7) is 2.37. The molecule has 0 saturated heterocycles. The van der Waals surface area contributed by atoms with Crippen LogP contribution < -0.4 is 0 Å². The zero-order valence-corrected chi connectivity index (χ0v) is 13.3. The highest BCUT2D eigenvalue weighted by Crippen LogP contribution is 2.20. The monoisotopic (exact) mass is 342 g/mol. The molecule has 2 aromatic carbocycles. The first-order valence-electron chi connectivity index (χ1n) is 6.92. The molecule has 3 nitrogen and oxygen atoms in total. The van der Waals surface area contributed by atoms with Gasteiger partial charge in [-0.1, -0.05) is 53.2 Å². The summed E-state index contributed by atoms with van der Waals surface area (Å²) in [7, 11) is 0. The van der Waals surface area contributed by atoms with E-state index in [1.165, 1.54) is 0 Å². The summed E-state index contributed by atoms with van der Waals surface area (Å²) in [6.07, 6.45) is 0.803. The van der Waals surface area contributed by atoms with Crippen molar-refractivity contribution in [1.29, 1.82) is 0 Å². The summed E-state index contributed by atoms with van der Waals surface area (Å²) in [5.41, 5.74) is 2.65. The molecule has 1 aromatic heterocycles. The Morgan fingerprint density at radius 3 is 2.62 bits per heavy atom. The van der Waals surface area contributed by atoms with Crippen LogP contribution in [0.25, 0.3) is 11.0 Å². The van der Waals surface area contributed by atoms with Crippen molar-refractivity contribution < 1.29 is 4.79 Å². The van der Waals surface area contributed by atoms with Crippen LogP contribution in [0, 0.1) is 0 Å². The smallest absolute Gasteiger partial charge is 0.183 e. The zero-order chi connectivity index (χ0) is 14.8. The molecule has 0 aliphatic rings. The Labute approximate surface area is 131 Å². The minimum Gasteiger partial charge on any atom is -0.320 e. The number of hydrogen-bond donors (Lipinski definition) is 0. The van der Waals surface area contributed by atoms with Crippen molar-refractivity contribution in [3.8, 4) is 0 Å². The normalized spacial score (nSPS) is 11.0. The van der Waals surface area contributed by atoms with Crippen LogP contribution in [-0.2, 0) is 13.0 Å². The zero-order valence-electron chi connectivity index (χ0n) is 11.7. The molecule has 106 valence electrons. The van der Waals surface area contributed by atoms with E-state index in [1.807, 2.05) is 53.1 Å². The quantitative estimate of drug-likeness (QED) is 0.664. The van der Waals surface area contributed by atoms with Crippen LogP contribution in [0.4, 0.5) is 0 Å². The van der Waals surface area contributed by atoms with E-state index in [4.69, 9.17) is 0 Å². The number of carbonyl (C=O) groups is 1. The maximum absolute atomic E-state index is 12.6. The molecule has 0 aliphatic carbocycles. The number of para-hydroxylation sites is 2. The Kier molecular flexibility index (Phi) is 3.88. The molecule has 0 amide bonds. The number of nitrogens with zero attached hydrogens (tertiary/aromatic N) is 2. The highest BCUT2D eigenvalue weighted by Gasteiger charge is 2.15. The highest BCUT2D eigenvalue weighted by molar-refractivity contribution is 9.10. The molecule has 1 heterocycles. The molecule has 4 heteroatoms. The minimum absolute atomic E-state index is 0.0836. The fraction of sp³-hybridized carbons (Fsp3) is 0.176. The second-order valence-electron chi connectivity index (χ2n) is 4.86. The number of aromatic nitrogens is 2. The molecular formula is C17H15BrN2O. The van der Waals surface area contributed by atoms with Gasteiger partial charge in [-0.15, -0.1) is 0 Å². The van der Waals surface area contributed by atoms with Crippen LogP contribution in [-0.4, -0.2) is 15.3 Å². The van der Waals surface area contributed by atoms with Gasteiger partial charge in [0.1, 0.15) is 5.82 Å². The Morgan fingerprint density at radius 1 is 1.14 bits per heavy atom. The van der Waals surface area contributed by atoms with Gasteiger partial charge in [0.05, 0.1) is 17.6 Å². The predicted octanol–water partition coefficient (Wildman–Crippen LogP) is 4.24. The van der Waals surface area contributed by atoms with Crippen molar-refractivity contribution in [3.05, 3.63) is 64.4 Å². The van der Waals surface area contributed by atoms with Gasteiger partial charge in [-0.3, -0.25) is 4.79 Å². The Morgan fingerprint density at radius 2 is 1.86 bits per heavy atom. The first-order valence-corrected chi connectivity index (χ1v) is 7.72. The van der Waals surface area contributed by atoms with Gasteiger partial charge in [-0.2, -0.15) is 0 Å². The van der Waals surface area contributed by atoms with Gasteiger partial charge < -0.3 is 4.57 Å². The molecule has 3 aromatic rings. The predicted molar refractivity (Wildman–Crippen MR) is 87.6 cm³/mol. The van der Waals surface area contributed by atoms with Crippen molar-refractivity contribution in [2.45, 2.75) is 19.9 Å². The molecule has 0 fully saturated rings. The summed E-state index contributed by atoms with van der Waals surface area (Å²) >= 11 is 3.44. The molecule has 21 heavy (non-hydrogen) atoms. The van der Waals surface area contributed by atoms with E-state index in [-0.39, 0.29) is 5.78 Å². The third-order valence-corrected chi connectivity index (χ3v) is 4.22. The SMILES string of the molecule is CCc1nc2ccccc2n1CC(=O)c1ccccc1Br. The van der Waals surface area contributed by atoms with Crippen molar-refractivity contribution in [2.75, 3.05) is 0 Å². The first kappa shape index (κ1) is 14.0.